The lowest BCUT2D eigenvalue weighted by atomic mass is 10.0. The molecule has 2 aromatic rings. The summed E-state index contributed by atoms with van der Waals surface area (Å²) in [5.41, 5.74) is 3.39. The maximum absolute atomic E-state index is 13.2. The van der Waals surface area contributed by atoms with Gasteiger partial charge in [0.05, 0.1) is 7.11 Å². The number of hydrogen-bond acceptors (Lipinski definition) is 3. The van der Waals surface area contributed by atoms with Crippen molar-refractivity contribution in [1.29, 1.82) is 0 Å². The van der Waals surface area contributed by atoms with Gasteiger partial charge in [-0.05, 0) is 55.0 Å². The first-order chi connectivity index (χ1) is 14.5. The highest BCUT2D eigenvalue weighted by Crippen LogP contribution is 2.18. The van der Waals surface area contributed by atoms with Gasteiger partial charge in [-0.3, -0.25) is 9.59 Å². The number of amides is 2. The summed E-state index contributed by atoms with van der Waals surface area (Å²) in [5, 5.41) is 2.87. The van der Waals surface area contributed by atoms with Gasteiger partial charge in [0.2, 0.25) is 11.8 Å². The number of hydrogen-bond donors (Lipinski definition) is 1. The van der Waals surface area contributed by atoms with Gasteiger partial charge in [0.25, 0.3) is 0 Å². The topological polar surface area (TPSA) is 58.6 Å². The van der Waals surface area contributed by atoms with E-state index in [1.807, 2.05) is 38.1 Å². The quantitative estimate of drug-likeness (QED) is 0.606. The Kier molecular flexibility index (Phi) is 9.39. The summed E-state index contributed by atoms with van der Waals surface area (Å²) in [4.78, 5) is 27.5. The van der Waals surface area contributed by atoms with Crippen LogP contribution in [0.25, 0.3) is 0 Å². The summed E-state index contributed by atoms with van der Waals surface area (Å²) in [6.07, 6.45) is 2.60. The summed E-state index contributed by atoms with van der Waals surface area (Å²) in [6.45, 7) is 6.90. The van der Waals surface area contributed by atoms with E-state index in [0.29, 0.717) is 32.4 Å². The van der Waals surface area contributed by atoms with E-state index in [1.54, 1.807) is 12.0 Å². The highest BCUT2D eigenvalue weighted by Gasteiger charge is 2.28. The minimum atomic E-state index is -0.484. The van der Waals surface area contributed by atoms with Gasteiger partial charge in [-0.2, -0.15) is 0 Å². The Morgan fingerprint density at radius 2 is 1.53 bits per heavy atom. The molecule has 0 aromatic heterocycles. The molecule has 0 spiro atoms. The third kappa shape index (κ3) is 6.61. The van der Waals surface area contributed by atoms with Crippen LogP contribution in [0.4, 0.5) is 0 Å². The van der Waals surface area contributed by atoms with Crippen LogP contribution < -0.4 is 10.1 Å². The zero-order valence-electron chi connectivity index (χ0n) is 18.6. The number of carbonyl (C=O) groups is 2. The van der Waals surface area contributed by atoms with E-state index in [0.717, 1.165) is 23.3 Å². The molecule has 0 fully saturated rings. The molecular formula is C25H34N2O3. The van der Waals surface area contributed by atoms with Crippen LogP contribution in [0.3, 0.4) is 0 Å². The number of nitrogens with zero attached hydrogens (tertiary/aromatic N) is 1. The minimum Gasteiger partial charge on any atom is -0.497 e. The van der Waals surface area contributed by atoms with Gasteiger partial charge in [0.1, 0.15) is 11.8 Å². The number of aryl methyl sites for hydroxylation is 2. The molecule has 0 bridgehead atoms. The number of carbonyl (C=O) groups excluding carboxylic acids is 2. The van der Waals surface area contributed by atoms with Crippen molar-refractivity contribution < 1.29 is 14.3 Å². The molecule has 2 amide bonds. The van der Waals surface area contributed by atoms with Gasteiger partial charge in [-0.15, -0.1) is 0 Å². The van der Waals surface area contributed by atoms with Gasteiger partial charge < -0.3 is 15.0 Å². The maximum atomic E-state index is 13.2. The predicted molar refractivity (Wildman–Crippen MR) is 120 cm³/mol. The Bertz CT molecular complexity index is 800. The molecule has 30 heavy (non-hydrogen) atoms. The van der Waals surface area contributed by atoms with Crippen LogP contribution in [-0.2, 0) is 29.0 Å². The SMILES string of the molecule is CCNC(=O)[C@H](CC)N(Cc1ccc(OC)cc1)C(=O)CCc1ccc(CC)cc1. The monoisotopic (exact) mass is 410 g/mol. The van der Waals surface area contributed by atoms with E-state index in [-0.39, 0.29) is 11.8 Å². The fourth-order valence-electron chi connectivity index (χ4n) is 3.48. The summed E-state index contributed by atoms with van der Waals surface area (Å²) in [5.74, 6) is 0.653. The van der Waals surface area contributed by atoms with E-state index >= 15 is 0 Å². The maximum Gasteiger partial charge on any atom is 0.242 e. The zero-order chi connectivity index (χ0) is 21.9. The second kappa shape index (κ2) is 12.0. The van der Waals surface area contributed by atoms with Crippen LogP contribution in [0.1, 0.15) is 50.3 Å². The van der Waals surface area contributed by atoms with E-state index in [2.05, 4.69) is 36.5 Å². The van der Waals surface area contributed by atoms with Crippen molar-refractivity contribution in [3.63, 3.8) is 0 Å². The molecule has 1 N–H and O–H groups in total. The van der Waals surface area contributed by atoms with Crippen molar-refractivity contribution in [1.82, 2.24) is 10.2 Å². The van der Waals surface area contributed by atoms with Crippen LogP contribution >= 0.6 is 0 Å². The minimum absolute atomic E-state index is 0.0107. The molecule has 1 atom stereocenters. The standard InChI is InChI=1S/C25H34N2O3/c1-5-19-8-10-20(11-9-19)14-17-24(28)27(23(6-2)25(29)26-7-3)18-21-12-15-22(30-4)16-13-21/h8-13,15-16,23H,5-7,14,17-18H2,1-4H3,(H,26,29)/t23-/m0/s1. The average Bonchev–Trinajstić information content (AvgIpc) is 2.78. The molecule has 2 rings (SSSR count). The van der Waals surface area contributed by atoms with E-state index < -0.39 is 6.04 Å². The Balaban J connectivity index is 2.16. The van der Waals surface area contributed by atoms with Crippen LogP contribution in [0.2, 0.25) is 0 Å². The van der Waals surface area contributed by atoms with Crippen LogP contribution in [0.5, 0.6) is 5.75 Å². The molecule has 0 unspecified atom stereocenters. The smallest absolute Gasteiger partial charge is 0.242 e. The largest absolute Gasteiger partial charge is 0.497 e. The number of ether oxygens (including phenoxy) is 1. The number of rotatable bonds is 11. The number of methoxy groups -OCH3 is 1. The normalized spacial score (nSPS) is 11.6. The Morgan fingerprint density at radius 1 is 0.933 bits per heavy atom. The van der Waals surface area contributed by atoms with Gasteiger partial charge in [0.15, 0.2) is 0 Å². The fraction of sp³-hybridized carbons (Fsp3) is 0.440. The number of nitrogens with one attached hydrogen (secondary N) is 1. The molecule has 5 nitrogen and oxygen atoms in total. The molecule has 0 radical (unpaired) electrons. The molecule has 162 valence electrons. The van der Waals surface area contributed by atoms with Gasteiger partial charge in [-0.1, -0.05) is 50.2 Å². The zero-order valence-corrected chi connectivity index (χ0v) is 18.6. The van der Waals surface area contributed by atoms with Gasteiger partial charge in [-0.25, -0.2) is 0 Å². The highest BCUT2D eigenvalue weighted by molar-refractivity contribution is 5.87. The van der Waals surface area contributed by atoms with E-state index in [1.165, 1.54) is 5.56 Å². The molecular weight excluding hydrogens is 376 g/mol. The number of likely N-dealkylation sites (N-methyl/N-ethyl adjacent to an activating group) is 1. The molecule has 0 aliphatic carbocycles. The number of benzene rings is 2. The van der Waals surface area contributed by atoms with Gasteiger partial charge in [0, 0.05) is 19.5 Å². The van der Waals surface area contributed by atoms with Gasteiger partial charge >= 0.3 is 0 Å². The van der Waals surface area contributed by atoms with E-state index in [4.69, 9.17) is 4.74 Å². The Labute approximate surface area is 180 Å². The van der Waals surface area contributed by atoms with E-state index in [9.17, 15) is 9.59 Å². The Hall–Kier alpha value is -2.82. The van der Waals surface area contributed by atoms with Crippen LogP contribution in [0.15, 0.2) is 48.5 Å². The summed E-state index contributed by atoms with van der Waals surface area (Å²) < 4.78 is 5.22. The average molecular weight is 411 g/mol. The van der Waals surface area contributed by atoms with Crippen molar-refractivity contribution in [2.45, 2.75) is 59.0 Å². The molecule has 2 aromatic carbocycles. The summed E-state index contributed by atoms with van der Waals surface area (Å²) in [6, 6.07) is 15.5. The molecule has 0 aliphatic heterocycles. The summed E-state index contributed by atoms with van der Waals surface area (Å²) in [7, 11) is 1.63. The molecule has 0 aliphatic rings. The van der Waals surface area contributed by atoms with Crippen molar-refractivity contribution in [3.8, 4) is 5.75 Å². The second-order valence-corrected chi connectivity index (χ2v) is 7.36. The van der Waals surface area contributed by atoms with Crippen molar-refractivity contribution in [2.75, 3.05) is 13.7 Å². The lowest BCUT2D eigenvalue weighted by molar-refractivity contribution is -0.141. The molecule has 0 saturated heterocycles. The van der Waals surface area contributed by atoms with Crippen LogP contribution in [0, 0.1) is 0 Å². The molecule has 0 heterocycles. The van der Waals surface area contributed by atoms with Crippen molar-refractivity contribution >= 4 is 11.8 Å². The second-order valence-electron chi connectivity index (χ2n) is 7.36. The first-order valence-corrected chi connectivity index (χ1v) is 10.8. The molecule has 0 saturated carbocycles. The first kappa shape index (κ1) is 23.5. The molecule has 5 heteroatoms. The van der Waals surface area contributed by atoms with Crippen molar-refractivity contribution in [2.24, 2.45) is 0 Å². The van der Waals surface area contributed by atoms with Crippen molar-refractivity contribution in [3.05, 3.63) is 65.2 Å². The lowest BCUT2D eigenvalue weighted by Crippen LogP contribution is -2.49. The predicted octanol–water partition coefficient (Wildman–Crippen LogP) is 4.13. The lowest BCUT2D eigenvalue weighted by Gasteiger charge is -2.30. The third-order valence-electron chi connectivity index (χ3n) is 5.31. The summed E-state index contributed by atoms with van der Waals surface area (Å²) >= 11 is 0. The third-order valence-corrected chi connectivity index (χ3v) is 5.31. The van der Waals surface area contributed by atoms with Crippen LogP contribution in [-0.4, -0.2) is 36.4 Å². The first-order valence-electron chi connectivity index (χ1n) is 10.8. The highest BCUT2D eigenvalue weighted by atomic mass is 16.5. The Morgan fingerprint density at radius 3 is 2.07 bits per heavy atom. The fourth-order valence-corrected chi connectivity index (χ4v) is 3.48.